The van der Waals surface area contributed by atoms with Gasteiger partial charge in [-0.05, 0) is 51.1 Å². The van der Waals surface area contributed by atoms with Crippen molar-refractivity contribution >= 4 is 17.8 Å². The molecule has 0 spiro atoms. The van der Waals surface area contributed by atoms with Crippen LogP contribution in [0.1, 0.15) is 47.1 Å². The van der Waals surface area contributed by atoms with Gasteiger partial charge in [0.2, 0.25) is 0 Å². The van der Waals surface area contributed by atoms with Crippen molar-refractivity contribution in [3.8, 4) is 0 Å². The average Bonchev–Trinajstić information content (AvgIpc) is 2.74. The summed E-state index contributed by atoms with van der Waals surface area (Å²) in [5.74, 6) is -0.413. The van der Waals surface area contributed by atoms with Crippen molar-refractivity contribution in [2.45, 2.75) is 53.8 Å². The highest BCUT2D eigenvalue weighted by molar-refractivity contribution is 6.06. The Morgan fingerprint density at radius 1 is 1.17 bits per heavy atom. The van der Waals surface area contributed by atoms with Crippen molar-refractivity contribution < 1.29 is 22.5 Å². The Balaban J connectivity index is 1.83. The number of hydrogen-bond acceptors (Lipinski definition) is 3. The van der Waals surface area contributed by atoms with Crippen molar-refractivity contribution in [2.75, 3.05) is 38.0 Å². The Labute approximate surface area is 206 Å². The number of piperazine rings is 1. The number of alkyl halides is 3. The van der Waals surface area contributed by atoms with E-state index in [4.69, 9.17) is 0 Å². The third-order valence-corrected chi connectivity index (χ3v) is 6.25. The number of rotatable bonds is 5. The van der Waals surface area contributed by atoms with Gasteiger partial charge in [-0.15, -0.1) is 0 Å². The van der Waals surface area contributed by atoms with Crippen LogP contribution in [0.3, 0.4) is 0 Å². The van der Waals surface area contributed by atoms with Crippen LogP contribution in [0.2, 0.25) is 0 Å². The van der Waals surface area contributed by atoms with Gasteiger partial charge in [-0.3, -0.25) is 4.79 Å². The van der Waals surface area contributed by atoms with Crippen molar-refractivity contribution in [1.82, 2.24) is 10.2 Å². The van der Waals surface area contributed by atoms with Gasteiger partial charge in [-0.1, -0.05) is 26.8 Å². The van der Waals surface area contributed by atoms with Gasteiger partial charge in [-0.25, -0.2) is 4.58 Å². The second kappa shape index (κ2) is 10.2. The van der Waals surface area contributed by atoms with E-state index in [0.29, 0.717) is 5.57 Å². The number of benzene rings is 1. The molecule has 0 aromatic heterocycles. The zero-order valence-electron chi connectivity index (χ0n) is 21.6. The number of amides is 1. The van der Waals surface area contributed by atoms with Gasteiger partial charge in [0.05, 0.1) is 24.1 Å². The standard InChI is InChI=1S/C27H37F3N4O/c1-19-14-20(24(35)32-22-9-7-8-21(16-22)27(28,29)30)15-23(25(2,3)4)34(19)18-26(5,6)17-33-12-10-31-11-13-33/h7-9,14-17,19,31H,10-13,18H2,1-6H3/p+1. The summed E-state index contributed by atoms with van der Waals surface area (Å²) in [5.41, 5.74) is 0.500. The highest BCUT2D eigenvalue weighted by Crippen LogP contribution is 2.36. The van der Waals surface area contributed by atoms with Crippen LogP contribution in [0, 0.1) is 10.8 Å². The molecule has 1 unspecified atom stereocenters. The number of allylic oxidation sites excluding steroid dienone is 1. The van der Waals surface area contributed by atoms with E-state index in [1.807, 2.05) is 12.2 Å². The number of carbonyl (C=O) groups excluding carboxylic acids is 1. The summed E-state index contributed by atoms with van der Waals surface area (Å²) in [5, 5.41) is 6.02. The van der Waals surface area contributed by atoms with Crippen LogP contribution in [0.15, 0.2) is 47.7 Å². The first-order chi connectivity index (χ1) is 16.2. The van der Waals surface area contributed by atoms with E-state index in [-0.39, 0.29) is 22.6 Å². The summed E-state index contributed by atoms with van der Waals surface area (Å²) in [7, 11) is 0. The second-order valence-corrected chi connectivity index (χ2v) is 11.2. The summed E-state index contributed by atoms with van der Waals surface area (Å²) in [6, 6.07) is 4.67. The molecule has 1 atom stereocenters. The molecule has 0 bridgehead atoms. The summed E-state index contributed by atoms with van der Waals surface area (Å²) in [4.78, 5) is 15.4. The molecule has 1 saturated heterocycles. The van der Waals surface area contributed by atoms with Crippen molar-refractivity contribution in [2.24, 2.45) is 10.8 Å². The van der Waals surface area contributed by atoms with Crippen LogP contribution in [-0.2, 0) is 11.0 Å². The fourth-order valence-corrected chi connectivity index (χ4v) is 4.63. The Kier molecular flexibility index (Phi) is 7.84. The Bertz CT molecular complexity index is 1020. The number of hydrogen-bond donors (Lipinski definition) is 2. The zero-order valence-corrected chi connectivity index (χ0v) is 21.6. The molecule has 1 fully saturated rings. The topological polar surface area (TPSA) is 47.4 Å². The third kappa shape index (κ3) is 7.19. The first-order valence-electron chi connectivity index (χ1n) is 12.2. The molecule has 0 aliphatic carbocycles. The number of anilines is 1. The lowest BCUT2D eigenvalue weighted by Crippen LogP contribution is -2.47. The zero-order chi connectivity index (χ0) is 26.0. The Morgan fingerprint density at radius 2 is 1.83 bits per heavy atom. The van der Waals surface area contributed by atoms with Gasteiger partial charge < -0.3 is 15.5 Å². The minimum atomic E-state index is -4.46. The summed E-state index contributed by atoms with van der Waals surface area (Å²) >= 11 is 0. The van der Waals surface area contributed by atoms with Gasteiger partial charge >= 0.3 is 6.18 Å². The van der Waals surface area contributed by atoms with Crippen molar-refractivity contribution in [3.63, 3.8) is 0 Å². The van der Waals surface area contributed by atoms with E-state index >= 15 is 0 Å². The fraction of sp³-hybridized carbons (Fsp3) is 0.556. The monoisotopic (exact) mass is 491 g/mol. The molecule has 5 nitrogen and oxygen atoms in total. The summed E-state index contributed by atoms with van der Waals surface area (Å²) in [6.45, 7) is 17.5. The first-order valence-corrected chi connectivity index (χ1v) is 12.2. The van der Waals surface area contributed by atoms with Crippen LogP contribution in [-0.4, -0.2) is 60.4 Å². The number of halogens is 3. The molecule has 0 radical (unpaired) electrons. The van der Waals surface area contributed by atoms with Crippen molar-refractivity contribution in [3.05, 3.63) is 53.3 Å². The molecule has 1 amide bonds. The second-order valence-electron chi connectivity index (χ2n) is 11.2. The minimum absolute atomic E-state index is 0.0489. The number of nitrogens with zero attached hydrogens (tertiary/aromatic N) is 2. The van der Waals surface area contributed by atoms with Gasteiger partial charge in [0.15, 0.2) is 13.1 Å². The molecule has 192 valence electrons. The van der Waals surface area contributed by atoms with E-state index in [1.165, 1.54) is 12.1 Å². The fourth-order valence-electron chi connectivity index (χ4n) is 4.63. The lowest BCUT2D eigenvalue weighted by atomic mass is 9.84. The summed E-state index contributed by atoms with van der Waals surface area (Å²) < 4.78 is 41.6. The van der Waals surface area contributed by atoms with E-state index < -0.39 is 17.6 Å². The SMILES string of the molecule is CC1C=C(C(=O)Nc2cccc(C(F)(F)F)c2)C=C(C(C)(C)C)N1CC(C)(C)C=[N+]1CCNCC1. The minimum Gasteiger partial charge on any atom is -0.367 e. The maximum Gasteiger partial charge on any atom is 0.416 e. The highest BCUT2D eigenvalue weighted by Gasteiger charge is 2.35. The molecule has 1 aromatic rings. The van der Waals surface area contributed by atoms with E-state index in [1.54, 1.807) is 0 Å². The average molecular weight is 492 g/mol. The lowest BCUT2D eigenvalue weighted by Gasteiger charge is -2.43. The predicted molar refractivity (Wildman–Crippen MR) is 135 cm³/mol. The third-order valence-electron chi connectivity index (χ3n) is 6.25. The van der Waals surface area contributed by atoms with Crippen LogP contribution >= 0.6 is 0 Å². The normalized spacial score (nSPS) is 19.7. The first kappa shape index (κ1) is 27.0. The van der Waals surface area contributed by atoms with Crippen molar-refractivity contribution in [1.29, 1.82) is 0 Å². The van der Waals surface area contributed by atoms with Gasteiger partial charge in [0.25, 0.3) is 5.91 Å². The van der Waals surface area contributed by atoms with Crippen LogP contribution < -0.4 is 10.6 Å². The smallest absolute Gasteiger partial charge is 0.367 e. The molecule has 35 heavy (non-hydrogen) atoms. The Hall–Kier alpha value is -2.61. The molecule has 2 aliphatic rings. The molecular formula is C27H38F3N4O+. The maximum absolute atomic E-state index is 13.1. The number of nitrogens with one attached hydrogen (secondary N) is 2. The van der Waals surface area contributed by atoms with Crippen LogP contribution in [0.25, 0.3) is 0 Å². The van der Waals surface area contributed by atoms with Crippen LogP contribution in [0.5, 0.6) is 0 Å². The molecule has 2 aliphatic heterocycles. The van der Waals surface area contributed by atoms with Gasteiger partial charge in [-0.2, -0.15) is 13.2 Å². The van der Waals surface area contributed by atoms with E-state index in [2.05, 4.69) is 67.9 Å². The van der Waals surface area contributed by atoms with E-state index in [9.17, 15) is 18.0 Å². The van der Waals surface area contributed by atoms with Gasteiger partial charge in [0.1, 0.15) is 6.21 Å². The molecule has 0 saturated carbocycles. The summed E-state index contributed by atoms with van der Waals surface area (Å²) in [6.07, 6.45) is 1.62. The van der Waals surface area contributed by atoms with E-state index in [0.717, 1.165) is 50.6 Å². The predicted octanol–water partition coefficient (Wildman–Crippen LogP) is 4.92. The molecule has 1 aromatic carbocycles. The highest BCUT2D eigenvalue weighted by atomic mass is 19.4. The molecule has 8 heteroatoms. The lowest BCUT2D eigenvalue weighted by molar-refractivity contribution is -0.530. The molecular weight excluding hydrogens is 453 g/mol. The number of carbonyl (C=O) groups is 1. The van der Waals surface area contributed by atoms with Gasteiger partial charge in [0, 0.05) is 35.0 Å². The molecule has 2 heterocycles. The largest absolute Gasteiger partial charge is 0.416 e. The Morgan fingerprint density at radius 3 is 2.43 bits per heavy atom. The molecule has 3 rings (SSSR count). The maximum atomic E-state index is 13.1. The quantitative estimate of drug-likeness (QED) is 0.575. The molecule has 2 N–H and O–H groups in total. The van der Waals surface area contributed by atoms with Crippen LogP contribution in [0.4, 0.5) is 18.9 Å².